The molecule has 0 bridgehead atoms. The number of benzene rings is 1. The number of aryl methyl sites for hydroxylation is 1. The molecule has 2 aromatic rings. The maximum absolute atomic E-state index is 6.11. The van der Waals surface area contributed by atoms with Crippen molar-refractivity contribution in [1.29, 1.82) is 0 Å². The number of methoxy groups -OCH3 is 1. The highest BCUT2D eigenvalue weighted by Crippen LogP contribution is 2.30. The summed E-state index contributed by atoms with van der Waals surface area (Å²) in [5, 5.41) is 3.95. The molecule has 1 fully saturated rings. The second-order valence-electron chi connectivity index (χ2n) is 6.05. The minimum atomic E-state index is 0.644. The predicted octanol–water partition coefficient (Wildman–Crippen LogP) is 3.33. The van der Waals surface area contributed by atoms with Gasteiger partial charge in [-0.25, -0.2) is 9.97 Å². The first kappa shape index (κ1) is 17.8. The lowest BCUT2D eigenvalue weighted by molar-refractivity contribution is 0.270. The maximum Gasteiger partial charge on any atom is 0.142 e. The molecule has 1 aliphatic rings. The Hall–Kier alpha value is -2.05. The van der Waals surface area contributed by atoms with Gasteiger partial charge in [0.2, 0.25) is 0 Å². The van der Waals surface area contributed by atoms with Gasteiger partial charge in [0.1, 0.15) is 23.2 Å². The normalized spacial score (nSPS) is 15.3. The van der Waals surface area contributed by atoms with Gasteiger partial charge in [-0.05, 0) is 31.7 Å². The second kappa shape index (κ2) is 7.89. The van der Waals surface area contributed by atoms with E-state index in [1.165, 1.54) is 0 Å². The van der Waals surface area contributed by atoms with Crippen LogP contribution in [0.1, 0.15) is 12.7 Å². The smallest absolute Gasteiger partial charge is 0.142 e. The van der Waals surface area contributed by atoms with E-state index in [9.17, 15) is 0 Å². The topological polar surface area (TPSA) is 53.5 Å². The SMILES string of the molecule is CCN1CCN(c2cc(Nc3cc(Cl)ccc3OC)nc(C)n2)CC1. The Kier molecular flexibility index (Phi) is 5.60. The molecule has 0 aliphatic carbocycles. The lowest BCUT2D eigenvalue weighted by atomic mass is 10.2. The van der Waals surface area contributed by atoms with Crippen molar-refractivity contribution in [2.75, 3.05) is 50.1 Å². The number of hydrogen-bond donors (Lipinski definition) is 1. The zero-order chi connectivity index (χ0) is 17.8. The fraction of sp³-hybridized carbons (Fsp3) is 0.444. The number of aromatic nitrogens is 2. The van der Waals surface area contributed by atoms with Gasteiger partial charge in [-0.2, -0.15) is 0 Å². The Morgan fingerprint density at radius 3 is 2.60 bits per heavy atom. The van der Waals surface area contributed by atoms with E-state index >= 15 is 0 Å². The number of piperazine rings is 1. The average molecular weight is 362 g/mol. The van der Waals surface area contributed by atoms with E-state index in [1.807, 2.05) is 25.1 Å². The van der Waals surface area contributed by atoms with E-state index in [2.05, 4.69) is 32.0 Å². The van der Waals surface area contributed by atoms with Gasteiger partial charge in [0, 0.05) is 37.3 Å². The third kappa shape index (κ3) is 4.32. The molecule has 1 aromatic carbocycles. The summed E-state index contributed by atoms with van der Waals surface area (Å²) in [4.78, 5) is 13.9. The standard InChI is InChI=1S/C18H24ClN5O/c1-4-23-7-9-24(10-8-23)18-12-17(20-13(2)21-18)22-15-11-14(19)5-6-16(15)25-3/h5-6,11-12H,4,7-10H2,1-3H3,(H,20,21,22). The fourth-order valence-corrected chi connectivity index (χ4v) is 3.16. The van der Waals surface area contributed by atoms with Gasteiger partial charge < -0.3 is 19.9 Å². The van der Waals surface area contributed by atoms with Crippen molar-refractivity contribution in [2.24, 2.45) is 0 Å². The van der Waals surface area contributed by atoms with Crippen LogP contribution in [0.2, 0.25) is 5.02 Å². The zero-order valence-electron chi connectivity index (χ0n) is 14.9. The summed E-state index contributed by atoms with van der Waals surface area (Å²) in [7, 11) is 1.64. The molecule has 1 saturated heterocycles. The number of likely N-dealkylation sites (N-methyl/N-ethyl adjacent to an activating group) is 1. The quantitative estimate of drug-likeness (QED) is 0.881. The lowest BCUT2D eigenvalue weighted by Gasteiger charge is -2.34. The monoisotopic (exact) mass is 361 g/mol. The van der Waals surface area contributed by atoms with Gasteiger partial charge in [0.15, 0.2) is 0 Å². The molecule has 1 aromatic heterocycles. The molecule has 25 heavy (non-hydrogen) atoms. The summed E-state index contributed by atoms with van der Waals surface area (Å²) in [6.07, 6.45) is 0. The van der Waals surface area contributed by atoms with Crippen molar-refractivity contribution in [3.8, 4) is 5.75 Å². The Morgan fingerprint density at radius 2 is 1.92 bits per heavy atom. The summed E-state index contributed by atoms with van der Waals surface area (Å²) in [5.41, 5.74) is 0.787. The van der Waals surface area contributed by atoms with E-state index in [4.69, 9.17) is 16.3 Å². The second-order valence-corrected chi connectivity index (χ2v) is 6.49. The van der Waals surface area contributed by atoms with Crippen molar-refractivity contribution in [3.63, 3.8) is 0 Å². The predicted molar refractivity (Wildman–Crippen MR) is 102 cm³/mol. The van der Waals surface area contributed by atoms with E-state index in [1.54, 1.807) is 13.2 Å². The molecule has 0 amide bonds. The molecule has 1 N–H and O–H groups in total. The highest BCUT2D eigenvalue weighted by Gasteiger charge is 2.18. The first-order chi connectivity index (χ1) is 12.1. The Labute approximate surface area is 153 Å². The third-order valence-electron chi connectivity index (χ3n) is 4.39. The number of nitrogens with zero attached hydrogens (tertiary/aromatic N) is 4. The minimum Gasteiger partial charge on any atom is -0.495 e. The van der Waals surface area contributed by atoms with Crippen molar-refractivity contribution >= 4 is 28.9 Å². The summed E-state index contributed by atoms with van der Waals surface area (Å²) >= 11 is 6.11. The molecule has 0 unspecified atom stereocenters. The average Bonchev–Trinajstić information content (AvgIpc) is 2.61. The first-order valence-corrected chi connectivity index (χ1v) is 8.90. The highest BCUT2D eigenvalue weighted by molar-refractivity contribution is 6.31. The van der Waals surface area contributed by atoms with Crippen LogP contribution < -0.4 is 15.0 Å². The Balaban J connectivity index is 1.82. The van der Waals surface area contributed by atoms with Crippen LogP contribution in [0.3, 0.4) is 0 Å². The van der Waals surface area contributed by atoms with Gasteiger partial charge in [-0.15, -0.1) is 0 Å². The van der Waals surface area contributed by atoms with Crippen LogP contribution in [0.5, 0.6) is 5.75 Å². The molecule has 0 spiro atoms. The van der Waals surface area contributed by atoms with Crippen LogP contribution >= 0.6 is 11.6 Å². The van der Waals surface area contributed by atoms with Crippen molar-refractivity contribution in [2.45, 2.75) is 13.8 Å². The van der Waals surface area contributed by atoms with Gasteiger partial charge in [-0.1, -0.05) is 18.5 Å². The molecule has 2 heterocycles. The molecular formula is C18H24ClN5O. The molecule has 0 saturated carbocycles. The van der Waals surface area contributed by atoms with Gasteiger partial charge in [-0.3, -0.25) is 0 Å². The molecule has 0 atom stereocenters. The van der Waals surface area contributed by atoms with Crippen LogP contribution in [-0.4, -0.2) is 54.7 Å². The number of halogens is 1. The maximum atomic E-state index is 6.11. The number of anilines is 3. The number of rotatable bonds is 5. The number of ether oxygens (including phenoxy) is 1. The molecule has 1 aliphatic heterocycles. The van der Waals surface area contributed by atoms with E-state index in [0.29, 0.717) is 5.02 Å². The Morgan fingerprint density at radius 1 is 1.16 bits per heavy atom. The molecule has 6 nitrogen and oxygen atoms in total. The highest BCUT2D eigenvalue weighted by atomic mass is 35.5. The van der Waals surface area contributed by atoms with Crippen molar-refractivity contribution < 1.29 is 4.74 Å². The third-order valence-corrected chi connectivity index (χ3v) is 4.63. The van der Waals surface area contributed by atoms with Crippen LogP contribution in [0.25, 0.3) is 0 Å². The van der Waals surface area contributed by atoms with Gasteiger partial charge >= 0.3 is 0 Å². The molecular weight excluding hydrogens is 338 g/mol. The van der Waals surface area contributed by atoms with Crippen molar-refractivity contribution in [3.05, 3.63) is 35.1 Å². The van der Waals surface area contributed by atoms with Gasteiger partial charge in [0.05, 0.1) is 12.8 Å². The molecule has 134 valence electrons. The van der Waals surface area contributed by atoms with Crippen molar-refractivity contribution in [1.82, 2.24) is 14.9 Å². The Bertz CT molecular complexity index is 731. The van der Waals surface area contributed by atoms with Gasteiger partial charge in [0.25, 0.3) is 0 Å². The summed E-state index contributed by atoms with van der Waals surface area (Å²) < 4.78 is 5.39. The fourth-order valence-electron chi connectivity index (χ4n) is 2.99. The molecule has 0 radical (unpaired) electrons. The molecule has 3 rings (SSSR count). The van der Waals surface area contributed by atoms with Crippen LogP contribution in [-0.2, 0) is 0 Å². The van der Waals surface area contributed by atoms with Crippen LogP contribution in [0.15, 0.2) is 24.3 Å². The first-order valence-electron chi connectivity index (χ1n) is 8.52. The van der Waals surface area contributed by atoms with Crippen LogP contribution in [0.4, 0.5) is 17.3 Å². The zero-order valence-corrected chi connectivity index (χ0v) is 15.7. The number of hydrogen-bond acceptors (Lipinski definition) is 6. The van der Waals surface area contributed by atoms with E-state index in [-0.39, 0.29) is 0 Å². The number of nitrogens with one attached hydrogen (secondary N) is 1. The lowest BCUT2D eigenvalue weighted by Crippen LogP contribution is -2.46. The minimum absolute atomic E-state index is 0.644. The van der Waals surface area contributed by atoms with E-state index in [0.717, 1.165) is 61.6 Å². The summed E-state index contributed by atoms with van der Waals surface area (Å²) in [6.45, 7) is 9.28. The summed E-state index contributed by atoms with van der Waals surface area (Å²) in [5.74, 6) is 3.14. The summed E-state index contributed by atoms with van der Waals surface area (Å²) in [6, 6.07) is 7.45. The van der Waals surface area contributed by atoms with E-state index < -0.39 is 0 Å². The van der Waals surface area contributed by atoms with Crippen LogP contribution in [0, 0.1) is 6.92 Å². The molecule has 7 heteroatoms. The largest absolute Gasteiger partial charge is 0.495 e.